The number of carbonyl (C=O) groups excluding carboxylic acids is 1. The fourth-order valence-corrected chi connectivity index (χ4v) is 3.68. The van der Waals surface area contributed by atoms with Gasteiger partial charge in [-0.2, -0.15) is 0 Å². The normalized spacial score (nSPS) is 17.0. The lowest BCUT2D eigenvalue weighted by molar-refractivity contribution is 0.0692. The van der Waals surface area contributed by atoms with Gasteiger partial charge in [0.25, 0.3) is 5.91 Å². The lowest BCUT2D eigenvalue weighted by atomic mass is 10.0. The minimum absolute atomic E-state index is 0.0195. The first-order valence-corrected chi connectivity index (χ1v) is 8.97. The van der Waals surface area contributed by atoms with Crippen molar-refractivity contribution in [2.45, 2.75) is 39.2 Å². The molecular formula is C20H21N3O3. The molecule has 1 atom stereocenters. The maximum Gasteiger partial charge on any atom is 0.293 e. The predicted molar refractivity (Wildman–Crippen MR) is 95.6 cm³/mol. The Kier molecular flexibility index (Phi) is 4.32. The Balaban J connectivity index is 1.62. The Morgan fingerprint density at radius 1 is 1.23 bits per heavy atom. The van der Waals surface area contributed by atoms with Crippen LogP contribution in [0.15, 0.2) is 45.4 Å². The lowest BCUT2D eigenvalue weighted by Crippen LogP contribution is -2.30. The average molecular weight is 351 g/mol. The molecule has 0 N–H and O–H groups in total. The lowest BCUT2D eigenvalue weighted by Gasteiger charge is -2.23. The maximum absolute atomic E-state index is 13.0. The molecule has 6 heteroatoms. The van der Waals surface area contributed by atoms with Gasteiger partial charge in [0.2, 0.25) is 5.76 Å². The third-order valence-corrected chi connectivity index (χ3v) is 4.94. The molecule has 0 spiro atoms. The van der Waals surface area contributed by atoms with E-state index in [1.165, 1.54) is 0 Å². The van der Waals surface area contributed by atoms with Crippen molar-refractivity contribution in [2.75, 3.05) is 6.54 Å². The summed E-state index contributed by atoms with van der Waals surface area (Å²) in [6.45, 7) is 4.66. The van der Waals surface area contributed by atoms with Crippen LogP contribution >= 0.6 is 0 Å². The number of likely N-dealkylation sites (tertiary alicyclic amines) is 1. The highest BCUT2D eigenvalue weighted by atomic mass is 16.5. The van der Waals surface area contributed by atoms with Crippen LogP contribution < -0.4 is 0 Å². The van der Waals surface area contributed by atoms with Crippen LogP contribution in [-0.4, -0.2) is 27.7 Å². The second-order valence-corrected chi connectivity index (χ2v) is 6.56. The summed E-state index contributed by atoms with van der Waals surface area (Å²) in [4.78, 5) is 14.9. The van der Waals surface area contributed by atoms with Gasteiger partial charge >= 0.3 is 0 Å². The molecule has 134 valence electrons. The molecule has 4 rings (SSSR count). The minimum atomic E-state index is -0.134. The summed E-state index contributed by atoms with van der Waals surface area (Å²) in [5, 5.41) is 8.16. The summed E-state index contributed by atoms with van der Waals surface area (Å²) in [5.74, 6) is 0.988. The van der Waals surface area contributed by atoms with E-state index in [2.05, 4.69) is 10.3 Å². The van der Waals surface area contributed by atoms with Gasteiger partial charge in [0.1, 0.15) is 11.5 Å². The summed E-state index contributed by atoms with van der Waals surface area (Å²) in [6, 6.07) is 11.4. The van der Waals surface area contributed by atoms with Crippen molar-refractivity contribution >= 4 is 5.91 Å². The number of aromatic nitrogens is 2. The zero-order chi connectivity index (χ0) is 18.1. The Labute approximate surface area is 151 Å². The van der Waals surface area contributed by atoms with Gasteiger partial charge in [-0.15, -0.1) is 0 Å². The monoisotopic (exact) mass is 351 g/mol. The number of hydrogen-bond acceptors (Lipinski definition) is 5. The second-order valence-electron chi connectivity index (χ2n) is 6.56. The molecule has 1 aliphatic heterocycles. The van der Waals surface area contributed by atoms with Crippen LogP contribution in [0.4, 0.5) is 0 Å². The quantitative estimate of drug-likeness (QED) is 0.705. The second kappa shape index (κ2) is 6.78. The van der Waals surface area contributed by atoms with E-state index in [-0.39, 0.29) is 17.7 Å². The largest absolute Gasteiger partial charge is 0.361 e. The van der Waals surface area contributed by atoms with E-state index in [0.717, 1.165) is 41.8 Å². The molecule has 0 saturated carbocycles. The highest BCUT2D eigenvalue weighted by Gasteiger charge is 2.36. The number of aryl methyl sites for hydroxylation is 2. The average Bonchev–Trinajstić information content (AvgIpc) is 3.41. The molecule has 6 nitrogen and oxygen atoms in total. The number of hydrogen-bond donors (Lipinski definition) is 0. The molecule has 0 aliphatic carbocycles. The summed E-state index contributed by atoms with van der Waals surface area (Å²) < 4.78 is 10.8. The van der Waals surface area contributed by atoms with Crippen molar-refractivity contribution in [1.82, 2.24) is 15.2 Å². The smallest absolute Gasteiger partial charge is 0.293 e. The minimum Gasteiger partial charge on any atom is -0.361 e. The first-order chi connectivity index (χ1) is 12.7. The van der Waals surface area contributed by atoms with Crippen LogP contribution in [0, 0.1) is 6.92 Å². The fraction of sp³-hybridized carbons (Fsp3) is 0.350. The first-order valence-electron chi connectivity index (χ1n) is 8.97. The molecule has 0 unspecified atom stereocenters. The Bertz CT molecular complexity index is 914. The van der Waals surface area contributed by atoms with Crippen molar-refractivity contribution in [3.63, 3.8) is 0 Å². The predicted octanol–water partition coefficient (Wildman–Crippen LogP) is 4.18. The molecular weight excluding hydrogens is 330 g/mol. The van der Waals surface area contributed by atoms with E-state index in [9.17, 15) is 4.79 Å². The zero-order valence-electron chi connectivity index (χ0n) is 14.9. The molecule has 1 aromatic carbocycles. The Morgan fingerprint density at radius 2 is 2.04 bits per heavy atom. The molecule has 3 heterocycles. The molecule has 2 aromatic heterocycles. The summed E-state index contributed by atoms with van der Waals surface area (Å²) in [5.41, 5.74) is 3.49. The number of rotatable bonds is 4. The van der Waals surface area contributed by atoms with E-state index in [1.54, 1.807) is 6.07 Å². The van der Waals surface area contributed by atoms with E-state index < -0.39 is 0 Å². The van der Waals surface area contributed by atoms with Gasteiger partial charge in [-0.05, 0) is 19.8 Å². The van der Waals surface area contributed by atoms with E-state index in [0.29, 0.717) is 12.2 Å². The van der Waals surface area contributed by atoms with Crippen molar-refractivity contribution in [3.8, 4) is 11.3 Å². The summed E-state index contributed by atoms with van der Waals surface area (Å²) >= 11 is 0. The fourth-order valence-electron chi connectivity index (χ4n) is 3.68. The first kappa shape index (κ1) is 16.6. The molecule has 1 fully saturated rings. The van der Waals surface area contributed by atoms with Gasteiger partial charge in [-0.3, -0.25) is 4.79 Å². The number of nitrogens with zero attached hydrogens (tertiary/aromatic N) is 3. The van der Waals surface area contributed by atoms with Gasteiger partial charge in [0.05, 0.1) is 11.7 Å². The molecule has 1 amide bonds. The van der Waals surface area contributed by atoms with E-state index >= 15 is 0 Å². The third kappa shape index (κ3) is 2.81. The number of amides is 1. The van der Waals surface area contributed by atoms with Crippen LogP contribution in [0.3, 0.4) is 0 Å². The molecule has 1 saturated heterocycles. The van der Waals surface area contributed by atoms with Crippen LogP contribution in [0.1, 0.15) is 53.4 Å². The van der Waals surface area contributed by atoms with Crippen LogP contribution in [-0.2, 0) is 6.42 Å². The Hall–Kier alpha value is -2.89. The van der Waals surface area contributed by atoms with Crippen molar-refractivity contribution < 1.29 is 13.8 Å². The topological polar surface area (TPSA) is 72.4 Å². The number of benzene rings is 1. The molecule has 3 aromatic rings. The van der Waals surface area contributed by atoms with Crippen LogP contribution in [0.2, 0.25) is 0 Å². The highest BCUT2D eigenvalue weighted by molar-refractivity contribution is 5.93. The Morgan fingerprint density at radius 3 is 2.81 bits per heavy atom. The molecule has 0 bridgehead atoms. The van der Waals surface area contributed by atoms with Crippen molar-refractivity contribution in [1.29, 1.82) is 0 Å². The summed E-state index contributed by atoms with van der Waals surface area (Å²) in [6.07, 6.45) is 2.61. The zero-order valence-corrected chi connectivity index (χ0v) is 14.9. The van der Waals surface area contributed by atoms with E-state index in [4.69, 9.17) is 9.05 Å². The maximum atomic E-state index is 13.0. The highest BCUT2D eigenvalue weighted by Crippen LogP contribution is 2.37. The van der Waals surface area contributed by atoms with Crippen molar-refractivity contribution in [3.05, 3.63) is 59.2 Å². The van der Waals surface area contributed by atoms with Crippen LogP contribution in [0.5, 0.6) is 0 Å². The molecule has 0 radical (unpaired) electrons. The van der Waals surface area contributed by atoms with E-state index in [1.807, 2.05) is 49.1 Å². The SMILES string of the molecule is CCc1onc(C)c1[C@H]1CCCN1C(=O)c1cc(-c2ccccc2)no1. The van der Waals surface area contributed by atoms with Crippen molar-refractivity contribution in [2.24, 2.45) is 0 Å². The molecule has 1 aliphatic rings. The number of carbonyl (C=O) groups is 1. The van der Waals surface area contributed by atoms with Gasteiger partial charge in [-0.1, -0.05) is 47.6 Å². The van der Waals surface area contributed by atoms with Gasteiger partial charge in [0, 0.05) is 30.2 Å². The molecule has 26 heavy (non-hydrogen) atoms. The van der Waals surface area contributed by atoms with Crippen LogP contribution in [0.25, 0.3) is 11.3 Å². The van der Waals surface area contributed by atoms with Gasteiger partial charge in [0.15, 0.2) is 0 Å². The standard InChI is InChI=1S/C20H21N3O3/c1-3-17-19(13(2)21-25-17)16-10-7-11-23(16)20(24)18-12-15(22-26-18)14-8-5-4-6-9-14/h4-6,8-9,12,16H,3,7,10-11H2,1-2H3/t16-/m1/s1. The third-order valence-electron chi connectivity index (χ3n) is 4.94. The summed E-state index contributed by atoms with van der Waals surface area (Å²) in [7, 11) is 0. The van der Waals surface area contributed by atoms with Gasteiger partial charge in [-0.25, -0.2) is 0 Å². The van der Waals surface area contributed by atoms with Gasteiger partial charge < -0.3 is 13.9 Å².